The molecule has 0 aliphatic heterocycles. The maximum Gasteiger partial charge on any atom is 0.0499 e. The summed E-state index contributed by atoms with van der Waals surface area (Å²) in [6, 6.07) is 0. The minimum atomic E-state index is 0.171. The van der Waals surface area contributed by atoms with Crippen molar-refractivity contribution in [3.8, 4) is 0 Å². The van der Waals surface area contributed by atoms with Gasteiger partial charge >= 0.3 is 0 Å². The molecule has 1 fully saturated rings. The van der Waals surface area contributed by atoms with Crippen LogP contribution in [-0.2, 0) is 0 Å². The molecule has 0 aromatic heterocycles. The van der Waals surface area contributed by atoms with Crippen LogP contribution >= 0.6 is 11.8 Å². The third kappa shape index (κ3) is 4.14. The second-order valence-electron chi connectivity index (χ2n) is 5.92. The number of nitrogens with one attached hydrogen (secondary N) is 1. The van der Waals surface area contributed by atoms with E-state index in [1.54, 1.807) is 0 Å². The summed E-state index contributed by atoms with van der Waals surface area (Å²) in [5, 5.41) is 13.4. The maximum atomic E-state index is 9.70. The van der Waals surface area contributed by atoms with E-state index >= 15 is 0 Å². The molecule has 108 valence electrons. The van der Waals surface area contributed by atoms with Gasteiger partial charge in [-0.2, -0.15) is 11.8 Å². The fourth-order valence-corrected chi connectivity index (χ4v) is 3.93. The van der Waals surface area contributed by atoms with Crippen molar-refractivity contribution in [2.24, 2.45) is 5.41 Å². The molecule has 0 aromatic carbocycles. The highest BCUT2D eigenvalue weighted by Gasteiger charge is 2.32. The zero-order valence-corrected chi connectivity index (χ0v) is 13.2. The van der Waals surface area contributed by atoms with E-state index in [9.17, 15) is 5.11 Å². The van der Waals surface area contributed by atoms with Crippen molar-refractivity contribution >= 4 is 11.8 Å². The zero-order chi connectivity index (χ0) is 13.5. The average molecular weight is 273 g/mol. The van der Waals surface area contributed by atoms with Gasteiger partial charge in [-0.15, -0.1) is 0 Å². The Bertz CT molecular complexity index is 214. The molecular weight excluding hydrogens is 242 g/mol. The van der Waals surface area contributed by atoms with Crippen LogP contribution in [0.25, 0.3) is 0 Å². The van der Waals surface area contributed by atoms with Crippen molar-refractivity contribution in [2.45, 2.75) is 63.5 Å². The number of hydrogen-bond acceptors (Lipinski definition) is 3. The van der Waals surface area contributed by atoms with Gasteiger partial charge in [0.25, 0.3) is 0 Å². The summed E-state index contributed by atoms with van der Waals surface area (Å²) >= 11 is 1.99. The predicted octanol–water partition coefficient (Wildman–Crippen LogP) is 3.44. The molecule has 3 heteroatoms. The van der Waals surface area contributed by atoms with E-state index < -0.39 is 0 Å². The van der Waals surface area contributed by atoms with Crippen molar-refractivity contribution in [1.29, 1.82) is 0 Å². The lowest BCUT2D eigenvalue weighted by Crippen LogP contribution is -2.44. The first-order valence-electron chi connectivity index (χ1n) is 7.52. The van der Waals surface area contributed by atoms with E-state index in [-0.39, 0.29) is 5.41 Å². The quantitative estimate of drug-likeness (QED) is 0.710. The van der Waals surface area contributed by atoms with E-state index in [1.165, 1.54) is 44.9 Å². The molecule has 1 aliphatic carbocycles. The van der Waals surface area contributed by atoms with Gasteiger partial charge in [0.15, 0.2) is 0 Å². The Morgan fingerprint density at radius 2 is 1.78 bits per heavy atom. The van der Waals surface area contributed by atoms with Crippen LogP contribution in [0.2, 0.25) is 0 Å². The molecule has 0 spiro atoms. The smallest absolute Gasteiger partial charge is 0.0499 e. The molecule has 0 heterocycles. The number of aliphatic hydroxyl groups is 1. The van der Waals surface area contributed by atoms with Gasteiger partial charge < -0.3 is 10.4 Å². The zero-order valence-electron chi connectivity index (χ0n) is 12.4. The van der Waals surface area contributed by atoms with Gasteiger partial charge in [0, 0.05) is 29.9 Å². The minimum Gasteiger partial charge on any atom is -0.396 e. The first-order valence-corrected chi connectivity index (χ1v) is 8.75. The molecule has 1 rings (SSSR count). The van der Waals surface area contributed by atoms with Crippen molar-refractivity contribution in [2.75, 3.05) is 26.0 Å². The van der Waals surface area contributed by atoms with Crippen molar-refractivity contribution in [3.63, 3.8) is 0 Å². The van der Waals surface area contributed by atoms with Crippen molar-refractivity contribution in [1.82, 2.24) is 5.32 Å². The summed E-state index contributed by atoms with van der Waals surface area (Å²) in [5.41, 5.74) is 0.171. The summed E-state index contributed by atoms with van der Waals surface area (Å²) in [6.07, 6.45) is 11.0. The molecule has 0 saturated heterocycles. The third-order valence-corrected chi connectivity index (χ3v) is 6.51. The molecule has 0 unspecified atom stereocenters. The average Bonchev–Trinajstić information content (AvgIpc) is 2.45. The highest BCUT2D eigenvalue weighted by atomic mass is 32.2. The largest absolute Gasteiger partial charge is 0.396 e. The minimum absolute atomic E-state index is 0.171. The fraction of sp³-hybridized carbons (Fsp3) is 1.00. The summed E-state index contributed by atoms with van der Waals surface area (Å²) in [5.74, 6) is 0. The van der Waals surface area contributed by atoms with Gasteiger partial charge in [-0.1, -0.05) is 33.1 Å². The van der Waals surface area contributed by atoms with Crippen LogP contribution in [0, 0.1) is 5.41 Å². The maximum absolute atomic E-state index is 9.70. The Hall–Kier alpha value is 0.270. The molecule has 0 bridgehead atoms. The summed E-state index contributed by atoms with van der Waals surface area (Å²) in [7, 11) is 0. The van der Waals surface area contributed by atoms with Crippen LogP contribution in [0.4, 0.5) is 0 Å². The molecule has 18 heavy (non-hydrogen) atoms. The van der Waals surface area contributed by atoms with Gasteiger partial charge in [0.05, 0.1) is 0 Å². The van der Waals surface area contributed by atoms with Gasteiger partial charge in [0.1, 0.15) is 0 Å². The van der Waals surface area contributed by atoms with Gasteiger partial charge in [0.2, 0.25) is 0 Å². The molecule has 1 saturated carbocycles. The Morgan fingerprint density at radius 1 is 1.17 bits per heavy atom. The Labute approximate surface area is 117 Å². The lowest BCUT2D eigenvalue weighted by Gasteiger charge is -2.38. The number of aliphatic hydroxyl groups excluding tert-OH is 1. The Balaban J connectivity index is 2.43. The fourth-order valence-electron chi connectivity index (χ4n) is 3.11. The standard InChI is InChI=1S/C15H31NOS/c1-4-15(5-2,18-3)12-16-11-14(13-17)9-7-6-8-10-14/h16-17H,4-13H2,1-3H3. The number of rotatable bonds is 8. The van der Waals surface area contributed by atoms with Crippen LogP contribution in [0.5, 0.6) is 0 Å². The van der Waals surface area contributed by atoms with Crippen molar-refractivity contribution < 1.29 is 5.11 Å². The molecule has 0 radical (unpaired) electrons. The molecule has 2 nitrogen and oxygen atoms in total. The van der Waals surface area contributed by atoms with E-state index in [2.05, 4.69) is 25.4 Å². The second-order valence-corrected chi connectivity index (χ2v) is 7.19. The van der Waals surface area contributed by atoms with Crippen LogP contribution in [-0.4, -0.2) is 35.8 Å². The predicted molar refractivity (Wildman–Crippen MR) is 82.3 cm³/mol. The molecule has 0 aromatic rings. The van der Waals surface area contributed by atoms with Gasteiger partial charge in [-0.25, -0.2) is 0 Å². The highest BCUT2D eigenvalue weighted by Crippen LogP contribution is 2.36. The normalized spacial score (nSPS) is 20.0. The number of hydrogen-bond donors (Lipinski definition) is 2. The molecule has 1 aliphatic rings. The van der Waals surface area contributed by atoms with E-state index in [4.69, 9.17) is 0 Å². The summed E-state index contributed by atoms with van der Waals surface area (Å²) in [6.45, 7) is 6.98. The monoisotopic (exact) mass is 273 g/mol. The lowest BCUT2D eigenvalue weighted by atomic mass is 9.74. The van der Waals surface area contributed by atoms with E-state index in [1.807, 2.05) is 11.8 Å². The Morgan fingerprint density at radius 3 is 2.22 bits per heavy atom. The first kappa shape index (κ1) is 16.3. The van der Waals surface area contributed by atoms with Crippen LogP contribution in [0.3, 0.4) is 0 Å². The van der Waals surface area contributed by atoms with E-state index in [0.29, 0.717) is 11.4 Å². The van der Waals surface area contributed by atoms with Crippen molar-refractivity contribution in [3.05, 3.63) is 0 Å². The van der Waals surface area contributed by atoms with Crippen LogP contribution in [0.1, 0.15) is 58.8 Å². The van der Waals surface area contributed by atoms with E-state index in [0.717, 1.165) is 13.1 Å². The highest BCUT2D eigenvalue weighted by molar-refractivity contribution is 8.00. The first-order chi connectivity index (χ1) is 8.66. The molecule has 0 atom stereocenters. The van der Waals surface area contributed by atoms with Crippen LogP contribution < -0.4 is 5.32 Å². The summed E-state index contributed by atoms with van der Waals surface area (Å²) < 4.78 is 0.380. The van der Waals surface area contributed by atoms with Crippen LogP contribution in [0.15, 0.2) is 0 Å². The molecule has 0 amide bonds. The molecule has 2 N–H and O–H groups in total. The third-order valence-electron chi connectivity index (χ3n) is 4.92. The number of thioether (sulfide) groups is 1. The lowest BCUT2D eigenvalue weighted by molar-refractivity contribution is 0.0807. The van der Waals surface area contributed by atoms with Gasteiger partial charge in [-0.05, 0) is 31.9 Å². The second kappa shape index (κ2) is 7.76. The van der Waals surface area contributed by atoms with Gasteiger partial charge in [-0.3, -0.25) is 0 Å². The Kier molecular flexibility index (Phi) is 7.04. The SMILES string of the molecule is CCC(CC)(CNCC1(CO)CCCCC1)SC. The molecular formula is C15H31NOS. The topological polar surface area (TPSA) is 32.3 Å². The summed E-state index contributed by atoms with van der Waals surface area (Å²) in [4.78, 5) is 0.